The van der Waals surface area contributed by atoms with Gasteiger partial charge in [-0.1, -0.05) is 50.3 Å². The van der Waals surface area contributed by atoms with Crippen molar-refractivity contribution in [3.63, 3.8) is 0 Å². The summed E-state index contributed by atoms with van der Waals surface area (Å²) in [5.74, 6) is 1.18. The highest BCUT2D eigenvalue weighted by atomic mass is 19.3. The Hall–Kier alpha value is -2.62. The van der Waals surface area contributed by atoms with Crippen LogP contribution in [0.25, 0.3) is 11.1 Å². The first-order valence-corrected chi connectivity index (χ1v) is 13.2. The third kappa shape index (κ3) is 5.32. The minimum Gasteiger partial charge on any atom is -0.280 e. The van der Waals surface area contributed by atoms with Crippen molar-refractivity contribution in [2.24, 2.45) is 27.7 Å². The smallest absolute Gasteiger partial charge is 0.238 e. The van der Waals surface area contributed by atoms with Crippen LogP contribution in [0.2, 0.25) is 0 Å². The molecule has 2 heterocycles. The number of halogens is 2. The summed E-state index contributed by atoms with van der Waals surface area (Å²) < 4.78 is 25.5. The lowest BCUT2D eigenvalue weighted by atomic mass is 9.77. The summed E-state index contributed by atoms with van der Waals surface area (Å²) in [7, 11) is 0. The molecule has 0 aromatic heterocycles. The van der Waals surface area contributed by atoms with Crippen LogP contribution in [0.1, 0.15) is 76.0 Å². The number of benzene rings is 1. The molecule has 184 valence electrons. The largest absolute Gasteiger partial charge is 0.280 e. The van der Waals surface area contributed by atoms with E-state index in [4.69, 9.17) is 9.98 Å². The maximum atomic E-state index is 12.8. The van der Waals surface area contributed by atoms with Crippen molar-refractivity contribution in [2.75, 3.05) is 0 Å². The van der Waals surface area contributed by atoms with E-state index in [2.05, 4.69) is 63.4 Å². The van der Waals surface area contributed by atoms with Gasteiger partial charge in [0.2, 0.25) is 6.43 Å². The number of aliphatic imine (C=N–C) groups is 2. The summed E-state index contributed by atoms with van der Waals surface area (Å²) in [5, 5.41) is 0. The molecule has 0 bridgehead atoms. The van der Waals surface area contributed by atoms with Gasteiger partial charge in [-0.3, -0.25) is 9.98 Å². The van der Waals surface area contributed by atoms with Gasteiger partial charge in [-0.25, -0.2) is 8.78 Å². The Morgan fingerprint density at radius 2 is 1.86 bits per heavy atom. The molecule has 2 aliphatic carbocycles. The van der Waals surface area contributed by atoms with Crippen LogP contribution in [-0.2, 0) is 6.42 Å². The lowest BCUT2D eigenvalue weighted by molar-refractivity contribution is 0.101. The zero-order valence-electron chi connectivity index (χ0n) is 21.1. The summed E-state index contributed by atoms with van der Waals surface area (Å²) in [5.41, 5.74) is 10.2. The Morgan fingerprint density at radius 1 is 1.06 bits per heavy atom. The zero-order chi connectivity index (χ0) is 24.5. The second-order valence-electron chi connectivity index (χ2n) is 11.1. The number of allylic oxidation sites excluding steroid dienone is 4. The van der Waals surface area contributed by atoms with Gasteiger partial charge in [-0.05, 0) is 95.8 Å². The third-order valence-corrected chi connectivity index (χ3v) is 7.89. The van der Waals surface area contributed by atoms with Gasteiger partial charge in [0.15, 0.2) is 0 Å². The van der Waals surface area contributed by atoms with Crippen LogP contribution in [0.15, 0.2) is 63.8 Å². The molecule has 35 heavy (non-hydrogen) atoms. The number of rotatable bonds is 7. The molecular formula is C31H36F2N2. The molecule has 4 heteroatoms. The van der Waals surface area contributed by atoms with Gasteiger partial charge in [0, 0.05) is 31.0 Å². The van der Waals surface area contributed by atoms with E-state index < -0.39 is 6.43 Å². The van der Waals surface area contributed by atoms with Crippen LogP contribution in [0.4, 0.5) is 8.78 Å². The Balaban J connectivity index is 1.30. The lowest BCUT2D eigenvalue weighted by Gasteiger charge is -2.28. The van der Waals surface area contributed by atoms with Crippen molar-refractivity contribution >= 4 is 23.1 Å². The van der Waals surface area contributed by atoms with E-state index in [1.165, 1.54) is 44.7 Å². The van der Waals surface area contributed by atoms with Crippen molar-refractivity contribution in [1.29, 1.82) is 0 Å². The Morgan fingerprint density at radius 3 is 2.60 bits per heavy atom. The Labute approximate surface area is 208 Å². The molecule has 0 N–H and O–H groups in total. The molecular weight excluding hydrogens is 438 g/mol. The molecule has 1 saturated carbocycles. The summed E-state index contributed by atoms with van der Waals surface area (Å²) in [6.45, 7) is 6.63. The first-order valence-electron chi connectivity index (χ1n) is 13.2. The van der Waals surface area contributed by atoms with Crippen LogP contribution in [0, 0.1) is 17.8 Å². The molecule has 5 rings (SSSR count). The van der Waals surface area contributed by atoms with Crippen LogP contribution < -0.4 is 0 Å². The number of hydrogen-bond donors (Lipinski definition) is 0. The standard InChI is InChI=1S/C31H36F2N2/c1-19(2)12-25-15-23(28-11-9-24-13-20(3)17-35-31(24)28)8-10-27(25)26-16-29(34-18-26)22-6-4-21(5-7-22)14-30(32)33/h8-11,13,15,17-19,21-22,30-31H,4-7,12,14,16H2,1-3H3. The average molecular weight is 475 g/mol. The van der Waals surface area contributed by atoms with E-state index >= 15 is 0 Å². The molecule has 0 saturated heterocycles. The minimum atomic E-state index is -2.18. The van der Waals surface area contributed by atoms with Gasteiger partial charge >= 0.3 is 0 Å². The summed E-state index contributed by atoms with van der Waals surface area (Å²) >= 11 is 0. The number of alkyl halides is 2. The predicted octanol–water partition coefficient (Wildman–Crippen LogP) is 8.26. The van der Waals surface area contributed by atoms with Gasteiger partial charge in [-0.2, -0.15) is 0 Å². The van der Waals surface area contributed by atoms with E-state index in [1.807, 2.05) is 6.21 Å². The highest BCUT2D eigenvalue weighted by Gasteiger charge is 2.29. The highest BCUT2D eigenvalue weighted by molar-refractivity contribution is 6.00. The Bertz CT molecular complexity index is 1150. The maximum Gasteiger partial charge on any atom is 0.238 e. The second-order valence-corrected chi connectivity index (χ2v) is 11.1. The fraction of sp³-hybridized carbons (Fsp3) is 0.484. The van der Waals surface area contributed by atoms with Gasteiger partial charge in [0.1, 0.15) is 6.04 Å². The number of fused-ring (bicyclic) bond motifs is 1. The maximum absolute atomic E-state index is 12.8. The van der Waals surface area contributed by atoms with Gasteiger partial charge in [0.05, 0.1) is 0 Å². The van der Waals surface area contributed by atoms with Crippen molar-refractivity contribution in [3.05, 3.63) is 70.5 Å². The molecule has 0 amide bonds. The van der Waals surface area contributed by atoms with Gasteiger partial charge in [-0.15, -0.1) is 0 Å². The monoisotopic (exact) mass is 474 g/mol. The van der Waals surface area contributed by atoms with Crippen molar-refractivity contribution in [2.45, 2.75) is 78.2 Å². The van der Waals surface area contributed by atoms with Gasteiger partial charge < -0.3 is 0 Å². The lowest BCUT2D eigenvalue weighted by Crippen LogP contribution is -2.22. The van der Waals surface area contributed by atoms with E-state index in [0.29, 0.717) is 11.8 Å². The quantitative estimate of drug-likeness (QED) is 0.380. The average Bonchev–Trinajstić information content (AvgIpc) is 3.46. The molecule has 1 aromatic rings. The fourth-order valence-electron chi connectivity index (χ4n) is 6.13. The van der Waals surface area contributed by atoms with Crippen molar-refractivity contribution in [1.82, 2.24) is 0 Å². The number of dihydropyridines is 1. The van der Waals surface area contributed by atoms with E-state index in [-0.39, 0.29) is 18.4 Å². The second kappa shape index (κ2) is 10.2. The first kappa shape index (κ1) is 24.1. The fourth-order valence-corrected chi connectivity index (χ4v) is 6.13. The SMILES string of the molecule is CC1=CC2=CC=C(c3ccc(C4=CN=C(C5CCC(CC(F)F)CC5)C4)c(CC(C)C)c3)C2N=C1. The van der Waals surface area contributed by atoms with Crippen LogP contribution in [-0.4, -0.2) is 24.4 Å². The molecule has 1 fully saturated rings. The van der Waals surface area contributed by atoms with E-state index in [1.54, 1.807) is 0 Å². The third-order valence-electron chi connectivity index (χ3n) is 7.89. The van der Waals surface area contributed by atoms with Gasteiger partial charge in [0.25, 0.3) is 0 Å². The number of hydrogen-bond acceptors (Lipinski definition) is 2. The summed E-state index contributed by atoms with van der Waals surface area (Å²) in [6.07, 6.45) is 14.3. The highest BCUT2D eigenvalue weighted by Crippen LogP contribution is 2.39. The minimum absolute atomic E-state index is 0.0586. The predicted molar refractivity (Wildman–Crippen MR) is 143 cm³/mol. The summed E-state index contributed by atoms with van der Waals surface area (Å²) in [4.78, 5) is 9.65. The molecule has 1 unspecified atom stereocenters. The molecule has 0 radical (unpaired) electrons. The molecule has 4 aliphatic rings. The van der Waals surface area contributed by atoms with Crippen LogP contribution in [0.5, 0.6) is 0 Å². The summed E-state index contributed by atoms with van der Waals surface area (Å²) in [6, 6.07) is 7.00. The molecule has 2 aliphatic heterocycles. The normalized spacial score (nSPS) is 25.9. The van der Waals surface area contributed by atoms with Crippen LogP contribution >= 0.6 is 0 Å². The van der Waals surface area contributed by atoms with E-state index in [9.17, 15) is 8.78 Å². The van der Waals surface area contributed by atoms with E-state index in [0.717, 1.165) is 38.5 Å². The molecule has 1 aromatic carbocycles. The van der Waals surface area contributed by atoms with Crippen molar-refractivity contribution in [3.8, 4) is 0 Å². The molecule has 2 nitrogen and oxygen atoms in total. The molecule has 0 spiro atoms. The zero-order valence-corrected chi connectivity index (χ0v) is 21.1. The topological polar surface area (TPSA) is 24.7 Å². The van der Waals surface area contributed by atoms with Crippen molar-refractivity contribution < 1.29 is 8.78 Å². The van der Waals surface area contributed by atoms with Crippen LogP contribution in [0.3, 0.4) is 0 Å². The molecule has 1 atom stereocenters. The Kier molecular flexibility index (Phi) is 7.00. The first-order chi connectivity index (χ1) is 16.9. The number of nitrogens with zero attached hydrogens (tertiary/aromatic N) is 2.